The average molecular weight is 355 g/mol. The molecule has 0 aliphatic carbocycles. The molecule has 1 aromatic carbocycles. The fourth-order valence-electron chi connectivity index (χ4n) is 1.06. The van der Waals surface area contributed by atoms with Gasteiger partial charge in [-0.15, -0.1) is 11.3 Å². The summed E-state index contributed by atoms with van der Waals surface area (Å²) in [6.07, 6.45) is 0. The van der Waals surface area contributed by atoms with Gasteiger partial charge in [-0.2, -0.15) is 0 Å². The lowest BCUT2D eigenvalue weighted by Crippen LogP contribution is -1.72. The fraction of sp³-hybridized carbons (Fsp3) is 0. The van der Waals surface area contributed by atoms with Gasteiger partial charge in [-0.05, 0) is 50.7 Å². The summed E-state index contributed by atoms with van der Waals surface area (Å²) in [6, 6.07) is 3.64. The molecule has 0 atom stereocenters. The maximum absolute atomic E-state index is 9.54. The Labute approximate surface area is 95.7 Å². The molecule has 0 amide bonds. The lowest BCUT2D eigenvalue weighted by molar-refractivity contribution is 0.481. The van der Waals surface area contributed by atoms with Crippen LogP contribution < -0.4 is 0 Å². The molecule has 0 spiro atoms. The van der Waals surface area contributed by atoms with Gasteiger partial charge in [0.2, 0.25) is 0 Å². The second-order valence-electron chi connectivity index (χ2n) is 2.35. The lowest BCUT2D eigenvalue weighted by atomic mass is 10.2. The SMILES string of the molecule is Oc1ccc(I)c2scc(Br)c12. The average Bonchev–Trinajstić information content (AvgIpc) is 2.42. The van der Waals surface area contributed by atoms with E-state index in [-0.39, 0.29) is 0 Å². The van der Waals surface area contributed by atoms with E-state index in [9.17, 15) is 5.11 Å². The second-order valence-corrected chi connectivity index (χ2v) is 5.25. The third-order valence-electron chi connectivity index (χ3n) is 1.61. The van der Waals surface area contributed by atoms with Gasteiger partial charge in [-0.25, -0.2) is 0 Å². The third-order valence-corrected chi connectivity index (χ3v) is 4.81. The molecule has 12 heavy (non-hydrogen) atoms. The normalized spacial score (nSPS) is 10.8. The highest BCUT2D eigenvalue weighted by molar-refractivity contribution is 14.1. The quantitative estimate of drug-likeness (QED) is 0.709. The number of rotatable bonds is 0. The number of thiophene rings is 1. The van der Waals surface area contributed by atoms with Crippen LogP contribution in [0.4, 0.5) is 0 Å². The zero-order chi connectivity index (χ0) is 8.72. The molecule has 0 aliphatic heterocycles. The molecule has 0 unspecified atom stereocenters. The summed E-state index contributed by atoms with van der Waals surface area (Å²) in [7, 11) is 0. The molecule has 0 saturated heterocycles. The zero-order valence-corrected chi connectivity index (χ0v) is 10.4. The summed E-state index contributed by atoms with van der Waals surface area (Å²) >= 11 is 7.31. The molecule has 1 aromatic heterocycles. The van der Waals surface area contributed by atoms with E-state index in [1.54, 1.807) is 17.4 Å². The summed E-state index contributed by atoms with van der Waals surface area (Å²) in [6.45, 7) is 0. The highest BCUT2D eigenvalue weighted by Crippen LogP contribution is 2.38. The Balaban J connectivity index is 2.98. The van der Waals surface area contributed by atoms with Crippen molar-refractivity contribution in [1.29, 1.82) is 0 Å². The molecule has 62 valence electrons. The van der Waals surface area contributed by atoms with Crippen molar-refractivity contribution in [2.75, 3.05) is 0 Å². The summed E-state index contributed by atoms with van der Waals surface area (Å²) in [4.78, 5) is 0. The topological polar surface area (TPSA) is 20.2 Å². The number of phenolic OH excluding ortho intramolecular Hbond substituents is 1. The van der Waals surface area contributed by atoms with E-state index in [2.05, 4.69) is 38.5 Å². The number of benzene rings is 1. The van der Waals surface area contributed by atoms with Crippen LogP contribution in [0.1, 0.15) is 0 Å². The third kappa shape index (κ3) is 1.25. The van der Waals surface area contributed by atoms with Crippen LogP contribution in [-0.4, -0.2) is 5.11 Å². The van der Waals surface area contributed by atoms with Gasteiger partial charge in [0.1, 0.15) is 5.75 Å². The Bertz CT molecular complexity index is 438. The van der Waals surface area contributed by atoms with Crippen LogP contribution in [0.15, 0.2) is 22.0 Å². The van der Waals surface area contributed by atoms with Crippen LogP contribution in [-0.2, 0) is 0 Å². The van der Waals surface area contributed by atoms with Gasteiger partial charge in [-0.3, -0.25) is 0 Å². The second kappa shape index (κ2) is 3.16. The first kappa shape index (κ1) is 8.77. The minimum atomic E-state index is 0.346. The Morgan fingerprint density at radius 1 is 1.42 bits per heavy atom. The minimum absolute atomic E-state index is 0.346. The highest BCUT2D eigenvalue weighted by atomic mass is 127. The maximum atomic E-state index is 9.54. The van der Waals surface area contributed by atoms with Crippen molar-refractivity contribution in [3.63, 3.8) is 0 Å². The van der Waals surface area contributed by atoms with E-state index in [4.69, 9.17) is 0 Å². The molecule has 2 aromatic rings. The van der Waals surface area contributed by atoms with Crippen LogP contribution >= 0.6 is 49.9 Å². The standard InChI is InChI=1S/C8H4BrIOS/c9-4-3-12-8-5(10)1-2-6(11)7(4)8/h1-3,11H. The van der Waals surface area contributed by atoms with Gasteiger partial charge in [0.05, 0.1) is 4.70 Å². The van der Waals surface area contributed by atoms with E-state index < -0.39 is 0 Å². The van der Waals surface area contributed by atoms with Crippen LogP contribution in [0, 0.1) is 3.57 Å². The summed E-state index contributed by atoms with van der Waals surface area (Å²) in [5, 5.41) is 12.5. The molecule has 0 saturated carbocycles. The molecule has 1 nitrogen and oxygen atoms in total. The van der Waals surface area contributed by atoms with Crippen LogP contribution in [0.2, 0.25) is 0 Å². The van der Waals surface area contributed by atoms with Gasteiger partial charge in [0, 0.05) is 18.8 Å². The molecule has 4 heteroatoms. The maximum Gasteiger partial charge on any atom is 0.125 e. The largest absolute Gasteiger partial charge is 0.507 e. The first-order chi connectivity index (χ1) is 5.70. The minimum Gasteiger partial charge on any atom is -0.507 e. The van der Waals surface area contributed by atoms with Gasteiger partial charge < -0.3 is 5.11 Å². The molecule has 2 rings (SSSR count). The number of hydrogen-bond donors (Lipinski definition) is 1. The van der Waals surface area contributed by atoms with Crippen molar-refractivity contribution in [1.82, 2.24) is 0 Å². The van der Waals surface area contributed by atoms with E-state index in [1.165, 1.54) is 3.57 Å². The van der Waals surface area contributed by atoms with Gasteiger partial charge in [0.25, 0.3) is 0 Å². The van der Waals surface area contributed by atoms with Crippen molar-refractivity contribution < 1.29 is 5.11 Å². The zero-order valence-electron chi connectivity index (χ0n) is 5.84. The van der Waals surface area contributed by atoms with E-state index >= 15 is 0 Å². The van der Waals surface area contributed by atoms with E-state index in [0.717, 1.165) is 14.6 Å². The Kier molecular flexibility index (Phi) is 2.31. The monoisotopic (exact) mass is 354 g/mol. The summed E-state index contributed by atoms with van der Waals surface area (Å²) in [5.41, 5.74) is 0. The number of fused-ring (bicyclic) bond motifs is 1. The number of aromatic hydroxyl groups is 1. The summed E-state index contributed by atoms with van der Waals surface area (Å²) in [5.74, 6) is 0.346. The highest BCUT2D eigenvalue weighted by Gasteiger charge is 2.08. The van der Waals surface area contributed by atoms with E-state index in [0.29, 0.717) is 5.75 Å². The summed E-state index contributed by atoms with van der Waals surface area (Å²) < 4.78 is 3.29. The van der Waals surface area contributed by atoms with E-state index in [1.807, 2.05) is 11.4 Å². The van der Waals surface area contributed by atoms with Crippen LogP contribution in [0.25, 0.3) is 10.1 Å². The van der Waals surface area contributed by atoms with Gasteiger partial charge >= 0.3 is 0 Å². The first-order valence-electron chi connectivity index (χ1n) is 3.24. The molecule has 0 aliphatic rings. The van der Waals surface area contributed by atoms with Gasteiger partial charge in [0.15, 0.2) is 0 Å². The molecule has 0 bridgehead atoms. The Hall–Kier alpha value is 0.190. The van der Waals surface area contributed by atoms with Gasteiger partial charge in [-0.1, -0.05) is 0 Å². The predicted octanol–water partition coefficient (Wildman–Crippen LogP) is 3.97. The molecule has 0 fully saturated rings. The van der Waals surface area contributed by atoms with Crippen LogP contribution in [0.5, 0.6) is 5.75 Å². The molecule has 1 N–H and O–H groups in total. The molecular weight excluding hydrogens is 351 g/mol. The fourth-order valence-corrected chi connectivity index (χ4v) is 3.56. The van der Waals surface area contributed by atoms with Crippen molar-refractivity contribution in [3.05, 3.63) is 25.6 Å². The number of halogens is 2. The Morgan fingerprint density at radius 2 is 2.17 bits per heavy atom. The smallest absolute Gasteiger partial charge is 0.125 e. The molecule has 0 radical (unpaired) electrons. The molecular formula is C8H4BrIOS. The Morgan fingerprint density at radius 3 is 2.83 bits per heavy atom. The van der Waals surface area contributed by atoms with Crippen molar-refractivity contribution >= 4 is 59.9 Å². The predicted molar refractivity (Wildman–Crippen MR) is 63.9 cm³/mol. The van der Waals surface area contributed by atoms with Crippen LogP contribution in [0.3, 0.4) is 0 Å². The van der Waals surface area contributed by atoms with Crippen molar-refractivity contribution in [2.24, 2.45) is 0 Å². The van der Waals surface area contributed by atoms with Crippen molar-refractivity contribution in [3.8, 4) is 5.75 Å². The number of phenols is 1. The molecule has 1 heterocycles. The van der Waals surface area contributed by atoms with Crippen molar-refractivity contribution in [2.45, 2.75) is 0 Å². The lowest BCUT2D eigenvalue weighted by Gasteiger charge is -1.97. The number of hydrogen-bond acceptors (Lipinski definition) is 2. The first-order valence-corrected chi connectivity index (χ1v) is 5.99.